The van der Waals surface area contributed by atoms with Gasteiger partial charge in [-0.15, -0.1) is 11.3 Å². The van der Waals surface area contributed by atoms with Crippen LogP contribution >= 0.6 is 22.9 Å². The van der Waals surface area contributed by atoms with Gasteiger partial charge in [0.2, 0.25) is 0 Å². The fourth-order valence-corrected chi connectivity index (χ4v) is 3.41. The second-order valence-electron chi connectivity index (χ2n) is 4.75. The van der Waals surface area contributed by atoms with Crippen LogP contribution in [0.4, 0.5) is 5.82 Å². The summed E-state index contributed by atoms with van der Waals surface area (Å²) in [5, 5.41) is 8.18. The molecule has 6 nitrogen and oxygen atoms in total. The number of aryl methyl sites for hydroxylation is 1. The molecule has 2 heterocycles. The maximum Gasteiger partial charge on any atom is 0.356 e. The highest BCUT2D eigenvalue weighted by molar-refractivity contribution is 7.21. The van der Waals surface area contributed by atoms with Gasteiger partial charge in [-0.2, -0.15) is 5.10 Å². The SMILES string of the molecule is COC(=O)c1cc(NC(=O)c2cc3c(Cl)cccc3s2)nn1C. The lowest BCUT2D eigenvalue weighted by Gasteiger charge is -1.97. The summed E-state index contributed by atoms with van der Waals surface area (Å²) in [4.78, 5) is 24.4. The molecule has 0 spiro atoms. The minimum Gasteiger partial charge on any atom is -0.464 e. The maximum absolute atomic E-state index is 12.3. The Balaban J connectivity index is 1.86. The number of amides is 1. The number of aromatic nitrogens is 2. The molecule has 0 aliphatic rings. The van der Waals surface area contributed by atoms with Crippen LogP contribution in [0.2, 0.25) is 5.02 Å². The molecule has 8 heteroatoms. The molecule has 0 bridgehead atoms. The Bertz CT molecular complexity index is 916. The fourth-order valence-electron chi connectivity index (χ4n) is 2.14. The molecule has 118 valence electrons. The number of carbonyl (C=O) groups is 2. The summed E-state index contributed by atoms with van der Waals surface area (Å²) in [5.41, 5.74) is 0.252. The van der Waals surface area contributed by atoms with Crippen molar-refractivity contribution >= 4 is 50.7 Å². The number of methoxy groups -OCH3 is 1. The third-order valence-electron chi connectivity index (χ3n) is 3.25. The molecule has 23 heavy (non-hydrogen) atoms. The van der Waals surface area contributed by atoms with Crippen molar-refractivity contribution < 1.29 is 14.3 Å². The summed E-state index contributed by atoms with van der Waals surface area (Å²) >= 11 is 7.46. The number of thiophene rings is 1. The Labute approximate surface area is 140 Å². The highest BCUT2D eigenvalue weighted by Gasteiger charge is 2.17. The summed E-state index contributed by atoms with van der Waals surface area (Å²) in [7, 11) is 2.88. The zero-order valence-corrected chi connectivity index (χ0v) is 13.9. The van der Waals surface area contributed by atoms with Crippen LogP contribution < -0.4 is 5.32 Å². The zero-order chi connectivity index (χ0) is 16.6. The maximum atomic E-state index is 12.3. The molecule has 0 unspecified atom stereocenters. The van der Waals surface area contributed by atoms with E-state index in [1.807, 2.05) is 12.1 Å². The average molecular weight is 350 g/mol. The molecule has 0 saturated heterocycles. The fraction of sp³-hybridized carbons (Fsp3) is 0.133. The van der Waals surface area contributed by atoms with Crippen molar-refractivity contribution in [3.8, 4) is 0 Å². The van der Waals surface area contributed by atoms with Crippen LogP contribution in [-0.4, -0.2) is 28.8 Å². The van der Waals surface area contributed by atoms with E-state index in [4.69, 9.17) is 11.6 Å². The van der Waals surface area contributed by atoms with E-state index >= 15 is 0 Å². The minimum absolute atomic E-state index is 0.252. The van der Waals surface area contributed by atoms with Gasteiger partial charge in [-0.25, -0.2) is 4.79 Å². The third-order valence-corrected chi connectivity index (χ3v) is 4.68. The number of nitrogens with zero attached hydrogens (tertiary/aromatic N) is 2. The number of nitrogens with one attached hydrogen (secondary N) is 1. The number of hydrogen-bond acceptors (Lipinski definition) is 5. The Kier molecular flexibility index (Phi) is 4.06. The number of halogens is 1. The number of carbonyl (C=O) groups excluding carboxylic acids is 2. The number of hydrogen-bond donors (Lipinski definition) is 1. The Morgan fingerprint density at radius 3 is 2.83 bits per heavy atom. The van der Waals surface area contributed by atoms with Gasteiger partial charge in [0, 0.05) is 28.2 Å². The first-order valence-corrected chi connectivity index (χ1v) is 7.81. The normalized spacial score (nSPS) is 10.7. The second kappa shape index (κ2) is 6.02. The number of fused-ring (bicyclic) bond motifs is 1. The molecular formula is C15H12ClN3O3S. The van der Waals surface area contributed by atoms with Crippen LogP contribution in [0.5, 0.6) is 0 Å². The van der Waals surface area contributed by atoms with Gasteiger partial charge in [-0.05, 0) is 18.2 Å². The van der Waals surface area contributed by atoms with Crippen molar-refractivity contribution in [3.63, 3.8) is 0 Å². The lowest BCUT2D eigenvalue weighted by molar-refractivity contribution is 0.0588. The van der Waals surface area contributed by atoms with Gasteiger partial charge in [0.1, 0.15) is 5.69 Å². The zero-order valence-electron chi connectivity index (χ0n) is 12.3. The van der Waals surface area contributed by atoms with Gasteiger partial charge in [-0.3, -0.25) is 9.48 Å². The molecule has 0 saturated carbocycles. The summed E-state index contributed by atoms with van der Waals surface area (Å²) < 4.78 is 6.93. The van der Waals surface area contributed by atoms with Crippen LogP contribution in [0.1, 0.15) is 20.2 Å². The van der Waals surface area contributed by atoms with Crippen molar-refractivity contribution in [3.05, 3.63) is 45.9 Å². The van der Waals surface area contributed by atoms with Crippen molar-refractivity contribution in [2.45, 2.75) is 0 Å². The highest BCUT2D eigenvalue weighted by atomic mass is 35.5. The molecule has 2 aromatic heterocycles. The molecule has 1 amide bonds. The summed E-state index contributed by atoms with van der Waals surface area (Å²) in [6, 6.07) is 8.72. The van der Waals surface area contributed by atoms with Crippen LogP contribution in [0, 0.1) is 0 Å². The lowest BCUT2D eigenvalue weighted by Crippen LogP contribution is -2.10. The average Bonchev–Trinajstić information content (AvgIpc) is 3.11. The largest absolute Gasteiger partial charge is 0.464 e. The second-order valence-corrected chi connectivity index (χ2v) is 6.24. The van der Waals surface area contributed by atoms with E-state index in [0.29, 0.717) is 9.90 Å². The Morgan fingerprint density at radius 1 is 1.35 bits per heavy atom. The van der Waals surface area contributed by atoms with Crippen LogP contribution in [0.3, 0.4) is 0 Å². The molecule has 3 rings (SSSR count). The van der Waals surface area contributed by atoms with E-state index in [-0.39, 0.29) is 17.4 Å². The smallest absolute Gasteiger partial charge is 0.356 e. The number of benzene rings is 1. The first-order valence-electron chi connectivity index (χ1n) is 6.61. The van der Waals surface area contributed by atoms with Crippen LogP contribution in [0.25, 0.3) is 10.1 Å². The van der Waals surface area contributed by atoms with Crippen molar-refractivity contribution in [1.29, 1.82) is 0 Å². The predicted octanol–water partition coefficient (Wildman–Crippen LogP) is 3.33. The summed E-state index contributed by atoms with van der Waals surface area (Å²) in [6.07, 6.45) is 0. The standard InChI is InChI=1S/C15H12ClN3O3S/c1-19-10(15(21)22-2)7-13(18-19)17-14(20)12-6-8-9(16)4-3-5-11(8)23-12/h3-7H,1-2H3,(H,17,18,20). The van der Waals surface area contributed by atoms with Gasteiger partial charge in [0.05, 0.1) is 12.0 Å². The Hall–Kier alpha value is -2.38. The lowest BCUT2D eigenvalue weighted by atomic mass is 10.2. The van der Waals surface area contributed by atoms with E-state index in [1.54, 1.807) is 19.2 Å². The van der Waals surface area contributed by atoms with Gasteiger partial charge < -0.3 is 10.1 Å². The number of anilines is 1. The van der Waals surface area contributed by atoms with E-state index in [9.17, 15) is 9.59 Å². The van der Waals surface area contributed by atoms with E-state index in [1.165, 1.54) is 29.2 Å². The van der Waals surface area contributed by atoms with Crippen molar-refractivity contribution in [2.24, 2.45) is 7.05 Å². The number of ether oxygens (including phenoxy) is 1. The highest BCUT2D eigenvalue weighted by Crippen LogP contribution is 2.31. The van der Waals surface area contributed by atoms with Crippen LogP contribution in [0.15, 0.2) is 30.3 Å². The van der Waals surface area contributed by atoms with Gasteiger partial charge in [0.25, 0.3) is 5.91 Å². The molecule has 0 aliphatic carbocycles. The van der Waals surface area contributed by atoms with E-state index < -0.39 is 5.97 Å². The summed E-state index contributed by atoms with van der Waals surface area (Å²) in [5.74, 6) is -0.549. The van der Waals surface area contributed by atoms with E-state index in [0.717, 1.165) is 10.1 Å². The van der Waals surface area contributed by atoms with Gasteiger partial charge >= 0.3 is 5.97 Å². The first kappa shape index (κ1) is 15.5. The molecule has 0 aliphatic heterocycles. The molecular weight excluding hydrogens is 338 g/mol. The molecule has 3 aromatic rings. The first-order chi connectivity index (χ1) is 11.0. The third kappa shape index (κ3) is 2.93. The van der Waals surface area contributed by atoms with Gasteiger partial charge in [-0.1, -0.05) is 17.7 Å². The Morgan fingerprint density at radius 2 is 2.13 bits per heavy atom. The minimum atomic E-state index is -0.519. The van der Waals surface area contributed by atoms with Crippen molar-refractivity contribution in [2.75, 3.05) is 12.4 Å². The van der Waals surface area contributed by atoms with Crippen molar-refractivity contribution in [1.82, 2.24) is 9.78 Å². The van der Waals surface area contributed by atoms with Gasteiger partial charge in [0.15, 0.2) is 5.82 Å². The quantitative estimate of drug-likeness (QED) is 0.736. The molecule has 0 fully saturated rings. The molecule has 1 aromatic carbocycles. The number of rotatable bonds is 3. The molecule has 0 atom stereocenters. The number of esters is 1. The monoisotopic (exact) mass is 349 g/mol. The summed E-state index contributed by atoms with van der Waals surface area (Å²) in [6.45, 7) is 0. The predicted molar refractivity (Wildman–Crippen MR) is 89.3 cm³/mol. The topological polar surface area (TPSA) is 73.2 Å². The molecule has 0 radical (unpaired) electrons. The van der Waals surface area contributed by atoms with E-state index in [2.05, 4.69) is 15.2 Å². The molecule has 1 N–H and O–H groups in total. The van der Waals surface area contributed by atoms with Crippen LogP contribution in [-0.2, 0) is 11.8 Å².